The van der Waals surface area contributed by atoms with E-state index in [-0.39, 0.29) is 6.61 Å². The summed E-state index contributed by atoms with van der Waals surface area (Å²) in [6.45, 7) is -1.11. The van der Waals surface area contributed by atoms with Gasteiger partial charge in [-0.2, -0.15) is 13.2 Å². The number of hydrogen-bond donors (Lipinski definition) is 2. The number of hydrogen-bond acceptors (Lipinski definition) is 2. The molecule has 0 aliphatic heterocycles. The standard InChI is InChI=1S/C11H13F3N2O2/c1-18-6-8-4-2-3-5-9(8)16-10(17)15-7-11(12,13)14/h2-5H,6-7H2,1H3,(H2,15,16,17). The Balaban J connectivity index is 2.59. The van der Waals surface area contributed by atoms with Crippen LogP contribution < -0.4 is 10.6 Å². The maximum absolute atomic E-state index is 11.9. The number of carbonyl (C=O) groups excluding carboxylic acids is 1. The summed E-state index contributed by atoms with van der Waals surface area (Å²) in [7, 11) is 1.49. The van der Waals surface area contributed by atoms with Crippen molar-refractivity contribution < 1.29 is 22.7 Å². The molecule has 0 radical (unpaired) electrons. The number of urea groups is 1. The molecule has 1 aromatic rings. The third-order valence-corrected chi connectivity index (χ3v) is 2.01. The molecule has 0 spiro atoms. The number of halogens is 3. The van der Waals surface area contributed by atoms with Crippen LogP contribution in [0.3, 0.4) is 0 Å². The summed E-state index contributed by atoms with van der Waals surface area (Å²) in [6, 6.07) is 5.80. The van der Waals surface area contributed by atoms with Gasteiger partial charge in [-0.05, 0) is 6.07 Å². The van der Waals surface area contributed by atoms with Crippen LogP contribution in [-0.2, 0) is 11.3 Å². The fraction of sp³-hybridized carbons (Fsp3) is 0.364. The molecule has 0 saturated heterocycles. The number of benzene rings is 1. The number of rotatable bonds is 4. The number of anilines is 1. The fourth-order valence-corrected chi connectivity index (χ4v) is 1.27. The molecule has 1 rings (SSSR count). The first-order valence-electron chi connectivity index (χ1n) is 5.11. The van der Waals surface area contributed by atoms with Crippen molar-refractivity contribution >= 4 is 11.7 Å². The van der Waals surface area contributed by atoms with Gasteiger partial charge in [0.2, 0.25) is 0 Å². The molecule has 100 valence electrons. The molecule has 0 aromatic heterocycles. The van der Waals surface area contributed by atoms with E-state index in [0.29, 0.717) is 11.3 Å². The third kappa shape index (κ3) is 5.05. The van der Waals surface area contributed by atoms with Gasteiger partial charge in [0.05, 0.1) is 6.61 Å². The highest BCUT2D eigenvalue weighted by molar-refractivity contribution is 5.90. The van der Waals surface area contributed by atoms with Gasteiger partial charge in [0.15, 0.2) is 0 Å². The molecule has 0 fully saturated rings. The van der Waals surface area contributed by atoms with Gasteiger partial charge in [0.1, 0.15) is 6.54 Å². The lowest BCUT2D eigenvalue weighted by Crippen LogP contribution is -2.36. The van der Waals surface area contributed by atoms with Crippen LogP contribution in [0.1, 0.15) is 5.56 Å². The average Bonchev–Trinajstić information content (AvgIpc) is 2.29. The van der Waals surface area contributed by atoms with E-state index in [1.165, 1.54) is 7.11 Å². The van der Waals surface area contributed by atoms with Gasteiger partial charge in [-0.1, -0.05) is 18.2 Å². The molecular weight excluding hydrogens is 249 g/mol. The Morgan fingerprint density at radius 3 is 2.61 bits per heavy atom. The SMILES string of the molecule is COCc1ccccc1NC(=O)NCC(F)(F)F. The molecule has 0 bridgehead atoms. The van der Waals surface area contributed by atoms with Gasteiger partial charge in [0.25, 0.3) is 0 Å². The van der Waals surface area contributed by atoms with E-state index in [2.05, 4.69) is 5.32 Å². The van der Waals surface area contributed by atoms with Crippen LogP contribution in [0.2, 0.25) is 0 Å². The minimum absolute atomic E-state index is 0.260. The number of amides is 2. The Morgan fingerprint density at radius 2 is 2.00 bits per heavy atom. The van der Waals surface area contributed by atoms with Crippen molar-refractivity contribution in [3.05, 3.63) is 29.8 Å². The Bertz CT molecular complexity index is 408. The highest BCUT2D eigenvalue weighted by atomic mass is 19.4. The second-order valence-electron chi connectivity index (χ2n) is 3.51. The maximum Gasteiger partial charge on any atom is 0.405 e. The molecule has 0 unspecified atom stereocenters. The van der Waals surface area contributed by atoms with E-state index in [0.717, 1.165) is 0 Å². The lowest BCUT2D eigenvalue weighted by atomic mass is 10.2. The van der Waals surface area contributed by atoms with Gasteiger partial charge in [-0.25, -0.2) is 4.79 Å². The third-order valence-electron chi connectivity index (χ3n) is 2.01. The van der Waals surface area contributed by atoms with Gasteiger partial charge >= 0.3 is 12.2 Å². The molecule has 1 aromatic carbocycles. The fourth-order valence-electron chi connectivity index (χ4n) is 1.27. The Hall–Kier alpha value is -1.76. The van der Waals surface area contributed by atoms with E-state index in [1.54, 1.807) is 29.6 Å². The second-order valence-corrected chi connectivity index (χ2v) is 3.51. The first-order valence-corrected chi connectivity index (χ1v) is 5.11. The summed E-state index contributed by atoms with van der Waals surface area (Å²) in [5, 5.41) is 4.06. The summed E-state index contributed by atoms with van der Waals surface area (Å²) < 4.78 is 40.6. The second kappa shape index (κ2) is 6.25. The molecule has 7 heteroatoms. The number of methoxy groups -OCH3 is 1. The van der Waals surface area contributed by atoms with E-state index in [9.17, 15) is 18.0 Å². The number of alkyl halides is 3. The predicted molar refractivity (Wildman–Crippen MR) is 60.2 cm³/mol. The molecule has 4 nitrogen and oxygen atoms in total. The number of carbonyl (C=O) groups is 1. The van der Waals surface area contributed by atoms with Crippen molar-refractivity contribution in [3.8, 4) is 0 Å². The normalized spacial score (nSPS) is 11.1. The molecule has 0 aliphatic rings. The Labute approximate surface area is 102 Å². The average molecular weight is 262 g/mol. The van der Waals surface area contributed by atoms with E-state index in [1.807, 2.05) is 0 Å². The van der Waals surface area contributed by atoms with Gasteiger partial charge in [0, 0.05) is 18.4 Å². The number of para-hydroxylation sites is 1. The van der Waals surface area contributed by atoms with Crippen LogP contribution in [0, 0.1) is 0 Å². The highest BCUT2D eigenvalue weighted by Crippen LogP contribution is 2.16. The Morgan fingerprint density at radius 1 is 1.33 bits per heavy atom. The van der Waals surface area contributed by atoms with Crippen molar-refractivity contribution in [2.45, 2.75) is 12.8 Å². The molecule has 0 aliphatic carbocycles. The molecule has 2 N–H and O–H groups in total. The van der Waals surface area contributed by atoms with Crippen LogP contribution in [0.4, 0.5) is 23.7 Å². The quantitative estimate of drug-likeness (QED) is 0.876. The molecule has 0 saturated carbocycles. The van der Waals surface area contributed by atoms with Crippen molar-refractivity contribution in [3.63, 3.8) is 0 Å². The molecular formula is C11H13F3N2O2. The van der Waals surface area contributed by atoms with Crippen molar-refractivity contribution in [2.24, 2.45) is 0 Å². The van der Waals surface area contributed by atoms with Gasteiger partial charge in [-0.15, -0.1) is 0 Å². The number of ether oxygens (including phenoxy) is 1. The van der Waals surface area contributed by atoms with Crippen molar-refractivity contribution in [1.82, 2.24) is 5.32 Å². The van der Waals surface area contributed by atoms with Gasteiger partial charge in [-0.3, -0.25) is 0 Å². The van der Waals surface area contributed by atoms with Crippen LogP contribution in [0.5, 0.6) is 0 Å². The molecule has 2 amide bonds. The largest absolute Gasteiger partial charge is 0.405 e. The molecule has 0 heterocycles. The maximum atomic E-state index is 11.9. The van der Waals surface area contributed by atoms with Crippen molar-refractivity contribution in [1.29, 1.82) is 0 Å². The minimum atomic E-state index is -4.43. The summed E-state index contributed by atoms with van der Waals surface area (Å²) in [5.74, 6) is 0. The predicted octanol–water partition coefficient (Wildman–Crippen LogP) is 2.52. The number of nitrogens with one attached hydrogen (secondary N) is 2. The zero-order valence-corrected chi connectivity index (χ0v) is 9.67. The Kier molecular flexibility index (Phi) is 4.96. The topological polar surface area (TPSA) is 50.4 Å². The van der Waals surface area contributed by atoms with E-state index in [4.69, 9.17) is 4.74 Å². The summed E-state index contributed by atoms with van der Waals surface area (Å²) in [4.78, 5) is 11.3. The minimum Gasteiger partial charge on any atom is -0.380 e. The van der Waals surface area contributed by atoms with Crippen molar-refractivity contribution in [2.75, 3.05) is 19.0 Å². The van der Waals surface area contributed by atoms with Gasteiger partial charge < -0.3 is 15.4 Å². The first-order chi connectivity index (χ1) is 8.42. The first kappa shape index (κ1) is 14.3. The molecule has 18 heavy (non-hydrogen) atoms. The summed E-state index contributed by atoms with van der Waals surface area (Å²) in [6.07, 6.45) is -4.43. The van der Waals surface area contributed by atoms with Crippen LogP contribution >= 0.6 is 0 Å². The lowest BCUT2D eigenvalue weighted by Gasteiger charge is -2.12. The summed E-state index contributed by atoms with van der Waals surface area (Å²) in [5.41, 5.74) is 1.10. The smallest absolute Gasteiger partial charge is 0.380 e. The van der Waals surface area contributed by atoms with Crippen LogP contribution in [0.25, 0.3) is 0 Å². The summed E-state index contributed by atoms with van der Waals surface area (Å²) >= 11 is 0. The zero-order valence-electron chi connectivity index (χ0n) is 9.67. The highest BCUT2D eigenvalue weighted by Gasteiger charge is 2.27. The molecule has 0 atom stereocenters. The zero-order chi connectivity index (χ0) is 13.6. The van der Waals surface area contributed by atoms with E-state index < -0.39 is 18.8 Å². The monoisotopic (exact) mass is 262 g/mol. The van der Waals surface area contributed by atoms with E-state index >= 15 is 0 Å². The van der Waals surface area contributed by atoms with Crippen LogP contribution in [-0.4, -0.2) is 25.9 Å². The van der Waals surface area contributed by atoms with Crippen LogP contribution in [0.15, 0.2) is 24.3 Å². The lowest BCUT2D eigenvalue weighted by molar-refractivity contribution is -0.122.